The summed E-state index contributed by atoms with van der Waals surface area (Å²) in [6, 6.07) is 12.8. The molecule has 16 heteroatoms. The van der Waals surface area contributed by atoms with E-state index in [1.165, 1.54) is 14.2 Å². The van der Waals surface area contributed by atoms with Gasteiger partial charge in [-0.3, -0.25) is 9.59 Å². The number of hydrogen-bond acceptors (Lipinski definition) is 9. The van der Waals surface area contributed by atoms with Gasteiger partial charge in [-0.1, -0.05) is 39.8 Å². The van der Waals surface area contributed by atoms with Crippen molar-refractivity contribution in [1.82, 2.24) is 44.9 Å². The maximum Gasteiger partial charge on any atom is 0.407 e. The fraction of sp³-hybridized carbons (Fsp3) is 0.455. The first-order valence-electron chi connectivity index (χ1n) is 20.7. The van der Waals surface area contributed by atoms with E-state index >= 15 is 0 Å². The van der Waals surface area contributed by atoms with E-state index in [-0.39, 0.29) is 42.0 Å². The molecule has 0 radical (unpaired) electrons. The highest BCUT2D eigenvalue weighted by molar-refractivity contribution is 5.92. The predicted octanol–water partition coefficient (Wildman–Crippen LogP) is 7.09. The zero-order valence-electron chi connectivity index (χ0n) is 35.1. The molecule has 60 heavy (non-hydrogen) atoms. The molecule has 0 aliphatic carbocycles. The number of likely N-dealkylation sites (tertiary alicyclic amines) is 2. The standard InChI is InChI=1S/C44H53N9O7/c1-23(2)37(49-43(56)58-6)41(54)51-16-8-10-33(51)39-45-21-30(47-39)26-13-15-32-28(18-26)19-35-29-14-12-27(20-36(29)60-25(5)53(32)35)31-22-46-40(48-31)34-11-9-17-52(34)42(55)38(24(3)4)50-44(57)59-7/h12-15,18-25,33-34,37-38H,8-11,16-17H2,1-7H3,(H,45,47)(H,46,48)(H,49,56)(H,50,57)/t25?,33-,34-,37?,38+/m1/s1. The van der Waals surface area contributed by atoms with E-state index in [1.807, 2.05) is 57.8 Å². The average Bonchev–Trinajstić information content (AvgIpc) is 4.09. The number of nitrogens with one attached hydrogen (secondary N) is 4. The molecule has 8 rings (SSSR count). The first-order chi connectivity index (χ1) is 28.9. The molecule has 3 aliphatic rings. The van der Waals surface area contributed by atoms with Crippen LogP contribution in [0.15, 0.2) is 54.9 Å². The third kappa shape index (κ3) is 7.43. The van der Waals surface area contributed by atoms with Gasteiger partial charge in [0.15, 0.2) is 6.23 Å². The quantitative estimate of drug-likeness (QED) is 0.114. The van der Waals surface area contributed by atoms with Gasteiger partial charge in [0.05, 0.1) is 61.3 Å². The van der Waals surface area contributed by atoms with Gasteiger partial charge in [-0.2, -0.15) is 0 Å². The number of hydrogen-bond donors (Lipinski definition) is 4. The van der Waals surface area contributed by atoms with Crippen molar-refractivity contribution < 1.29 is 33.4 Å². The van der Waals surface area contributed by atoms with Crippen LogP contribution in [0, 0.1) is 11.8 Å². The number of aromatic amines is 2. The third-order valence-electron chi connectivity index (χ3n) is 12.1. The molecule has 3 aliphatic heterocycles. The molecule has 5 atom stereocenters. The Morgan fingerprint density at radius 2 is 1.27 bits per heavy atom. The largest absolute Gasteiger partial charge is 0.470 e. The van der Waals surface area contributed by atoms with Crippen molar-refractivity contribution in [3.05, 3.63) is 66.5 Å². The van der Waals surface area contributed by atoms with E-state index in [0.717, 1.165) is 76.1 Å². The molecule has 6 heterocycles. The lowest BCUT2D eigenvalue weighted by Gasteiger charge is -2.30. The summed E-state index contributed by atoms with van der Waals surface area (Å²) < 4.78 is 18.3. The molecule has 0 bridgehead atoms. The van der Waals surface area contributed by atoms with Gasteiger partial charge in [-0.25, -0.2) is 19.6 Å². The van der Waals surface area contributed by atoms with Gasteiger partial charge >= 0.3 is 12.2 Å². The molecule has 5 aromatic rings. The van der Waals surface area contributed by atoms with Crippen molar-refractivity contribution in [2.24, 2.45) is 11.8 Å². The smallest absolute Gasteiger partial charge is 0.407 e. The summed E-state index contributed by atoms with van der Waals surface area (Å²) in [7, 11) is 2.58. The molecule has 16 nitrogen and oxygen atoms in total. The lowest BCUT2D eigenvalue weighted by molar-refractivity contribution is -0.136. The van der Waals surface area contributed by atoms with Crippen LogP contribution in [0.25, 0.3) is 44.7 Å². The van der Waals surface area contributed by atoms with Crippen molar-refractivity contribution in [1.29, 1.82) is 0 Å². The molecule has 316 valence electrons. The van der Waals surface area contributed by atoms with Crippen molar-refractivity contribution in [2.75, 3.05) is 27.3 Å². The first-order valence-corrected chi connectivity index (χ1v) is 20.7. The fourth-order valence-electron chi connectivity index (χ4n) is 8.93. The van der Waals surface area contributed by atoms with Crippen LogP contribution in [0.1, 0.15) is 90.3 Å². The Labute approximate surface area is 348 Å². The number of rotatable bonds is 10. The summed E-state index contributed by atoms with van der Waals surface area (Å²) >= 11 is 0. The summed E-state index contributed by atoms with van der Waals surface area (Å²) in [5.74, 6) is 1.63. The second-order valence-electron chi connectivity index (χ2n) is 16.6. The fourth-order valence-corrected chi connectivity index (χ4v) is 8.93. The second-order valence-corrected chi connectivity index (χ2v) is 16.6. The Balaban J connectivity index is 1.01. The first kappa shape index (κ1) is 40.5. The molecule has 2 aromatic carbocycles. The van der Waals surface area contributed by atoms with E-state index in [4.69, 9.17) is 24.2 Å². The zero-order chi connectivity index (χ0) is 42.4. The molecule has 2 unspecified atom stereocenters. The maximum atomic E-state index is 13.7. The van der Waals surface area contributed by atoms with E-state index in [1.54, 1.807) is 11.1 Å². The highest BCUT2D eigenvalue weighted by atomic mass is 16.5. The molecular weight excluding hydrogens is 767 g/mol. The molecule has 2 fully saturated rings. The third-order valence-corrected chi connectivity index (χ3v) is 12.1. The van der Waals surface area contributed by atoms with E-state index in [2.05, 4.69) is 55.5 Å². The van der Waals surface area contributed by atoms with Crippen LogP contribution in [0.3, 0.4) is 0 Å². The summed E-state index contributed by atoms with van der Waals surface area (Å²) in [6.07, 6.45) is 5.27. The van der Waals surface area contributed by atoms with Crippen molar-refractivity contribution in [2.45, 2.75) is 90.7 Å². The highest BCUT2D eigenvalue weighted by Crippen LogP contribution is 2.44. The lowest BCUT2D eigenvalue weighted by Crippen LogP contribution is -2.51. The Morgan fingerprint density at radius 3 is 1.78 bits per heavy atom. The topological polar surface area (TPSA) is 189 Å². The van der Waals surface area contributed by atoms with Gasteiger partial charge in [0.25, 0.3) is 0 Å². The number of alkyl carbamates (subject to hydrolysis) is 2. The number of benzene rings is 2. The number of carbonyl (C=O) groups is 4. The summed E-state index contributed by atoms with van der Waals surface area (Å²) in [4.78, 5) is 71.4. The van der Waals surface area contributed by atoms with Crippen molar-refractivity contribution in [3.63, 3.8) is 0 Å². The number of H-pyrrole nitrogens is 2. The molecule has 3 aromatic heterocycles. The van der Waals surface area contributed by atoms with Gasteiger partial charge in [0.1, 0.15) is 29.5 Å². The molecule has 0 saturated carbocycles. The number of aromatic nitrogens is 5. The van der Waals surface area contributed by atoms with Crippen molar-refractivity contribution in [3.8, 4) is 39.5 Å². The summed E-state index contributed by atoms with van der Waals surface area (Å²) in [6.45, 7) is 10.8. The van der Waals surface area contributed by atoms with Crippen LogP contribution < -0.4 is 15.4 Å². The van der Waals surface area contributed by atoms with E-state index in [0.29, 0.717) is 24.7 Å². The van der Waals surface area contributed by atoms with Crippen LogP contribution in [0.5, 0.6) is 5.75 Å². The number of methoxy groups -OCH3 is 2. The maximum absolute atomic E-state index is 13.7. The number of carbonyl (C=O) groups excluding carboxylic acids is 4. The predicted molar refractivity (Wildman–Crippen MR) is 224 cm³/mol. The molecule has 0 spiro atoms. The monoisotopic (exact) mass is 819 g/mol. The summed E-state index contributed by atoms with van der Waals surface area (Å²) in [5, 5.41) is 6.46. The summed E-state index contributed by atoms with van der Waals surface area (Å²) in [5.41, 5.74) is 6.58. The van der Waals surface area contributed by atoms with Gasteiger partial charge < -0.3 is 49.2 Å². The van der Waals surface area contributed by atoms with Crippen LogP contribution in [-0.2, 0) is 19.1 Å². The molecule has 2 saturated heterocycles. The van der Waals surface area contributed by atoms with Crippen LogP contribution in [0.4, 0.5) is 9.59 Å². The van der Waals surface area contributed by atoms with Crippen molar-refractivity contribution >= 4 is 34.9 Å². The molecule has 4 amide bonds. The van der Waals surface area contributed by atoms with Gasteiger partial charge in [-0.05, 0) is 74.8 Å². The highest BCUT2D eigenvalue weighted by Gasteiger charge is 2.39. The lowest BCUT2D eigenvalue weighted by atomic mass is 10.0. The second kappa shape index (κ2) is 16.4. The minimum absolute atomic E-state index is 0.117. The minimum Gasteiger partial charge on any atom is -0.470 e. The number of imidazole rings is 2. The Kier molecular flexibility index (Phi) is 11.0. The van der Waals surface area contributed by atoms with Crippen LogP contribution in [0.2, 0.25) is 0 Å². The van der Waals surface area contributed by atoms with Gasteiger partial charge in [0, 0.05) is 35.2 Å². The normalized spacial score (nSPS) is 19.5. The molecular formula is C44H53N9O7. The SMILES string of the molecule is COC(=O)NC(C(=O)N1CCC[C@@H]1c1ncc(-c2ccc3c(c2)cc2n3C(C)Oc3cc(-c4cnc([C@H]5CCCN5C(=O)[C@@H](NC(=O)OC)C(C)C)[nH]4)ccc3-2)[nH]1)C(C)C. The Bertz CT molecular complexity index is 2430. The van der Waals surface area contributed by atoms with Gasteiger partial charge in [0.2, 0.25) is 11.8 Å². The minimum atomic E-state index is -0.706. The van der Waals surface area contributed by atoms with Crippen LogP contribution in [-0.4, -0.2) is 97.7 Å². The number of nitrogens with zero attached hydrogens (tertiary/aromatic N) is 5. The molecule has 4 N–H and O–H groups in total. The van der Waals surface area contributed by atoms with Gasteiger partial charge in [-0.15, -0.1) is 0 Å². The Hall–Kier alpha value is -6.32. The Morgan fingerprint density at radius 1 is 0.750 bits per heavy atom. The van der Waals surface area contributed by atoms with Crippen LogP contribution >= 0.6 is 0 Å². The number of amides is 4. The average molecular weight is 820 g/mol. The van der Waals surface area contributed by atoms with E-state index < -0.39 is 24.3 Å². The zero-order valence-corrected chi connectivity index (χ0v) is 35.1. The number of ether oxygens (including phenoxy) is 3. The number of fused-ring (bicyclic) bond motifs is 5. The van der Waals surface area contributed by atoms with E-state index in [9.17, 15) is 19.2 Å².